The van der Waals surface area contributed by atoms with E-state index in [0.717, 1.165) is 12.1 Å². The third-order valence-electron chi connectivity index (χ3n) is 6.24. The van der Waals surface area contributed by atoms with Gasteiger partial charge in [-0.2, -0.15) is 0 Å². The highest BCUT2D eigenvalue weighted by molar-refractivity contribution is 4.94. The second kappa shape index (κ2) is 6.33. The Balaban J connectivity index is 1.63. The van der Waals surface area contributed by atoms with E-state index in [0.29, 0.717) is 5.41 Å². The van der Waals surface area contributed by atoms with E-state index in [2.05, 4.69) is 29.1 Å². The Hall–Kier alpha value is -0.120. The molecule has 0 saturated carbocycles. The van der Waals surface area contributed by atoms with E-state index in [1.165, 1.54) is 77.7 Å². The largest absolute Gasteiger partial charge is 0.317 e. The van der Waals surface area contributed by atoms with E-state index >= 15 is 0 Å². The van der Waals surface area contributed by atoms with Crippen LogP contribution in [-0.4, -0.2) is 61.7 Å². The molecular weight excluding hydrogens is 246 g/mol. The fourth-order valence-electron chi connectivity index (χ4n) is 4.97. The molecule has 116 valence electrons. The Bertz CT molecular complexity index is 306. The average Bonchev–Trinajstić information content (AvgIpc) is 2.69. The van der Waals surface area contributed by atoms with Crippen molar-refractivity contribution in [1.29, 1.82) is 0 Å². The van der Waals surface area contributed by atoms with Gasteiger partial charge in [0.15, 0.2) is 0 Å². The van der Waals surface area contributed by atoms with Crippen LogP contribution < -0.4 is 5.32 Å². The fraction of sp³-hybridized carbons (Fsp3) is 1.00. The Labute approximate surface area is 125 Å². The number of hydrogen-bond acceptors (Lipinski definition) is 3. The van der Waals surface area contributed by atoms with Crippen LogP contribution in [0.4, 0.5) is 0 Å². The molecule has 2 atom stereocenters. The van der Waals surface area contributed by atoms with Gasteiger partial charge in [0.25, 0.3) is 0 Å². The minimum Gasteiger partial charge on any atom is -0.317 e. The van der Waals surface area contributed by atoms with Crippen molar-refractivity contribution in [3.8, 4) is 0 Å². The Morgan fingerprint density at radius 2 is 1.85 bits per heavy atom. The summed E-state index contributed by atoms with van der Waals surface area (Å²) < 4.78 is 0. The van der Waals surface area contributed by atoms with Crippen molar-refractivity contribution in [1.82, 2.24) is 15.1 Å². The smallest absolute Gasteiger partial charge is 0.0223 e. The number of nitrogens with one attached hydrogen (secondary N) is 1. The number of likely N-dealkylation sites (tertiary alicyclic amines) is 1. The lowest BCUT2D eigenvalue weighted by Gasteiger charge is -2.42. The lowest BCUT2D eigenvalue weighted by atomic mass is 9.75. The third-order valence-corrected chi connectivity index (χ3v) is 6.24. The zero-order valence-electron chi connectivity index (χ0n) is 13.5. The van der Waals surface area contributed by atoms with Crippen LogP contribution in [-0.2, 0) is 0 Å². The average molecular weight is 279 g/mol. The van der Waals surface area contributed by atoms with E-state index in [-0.39, 0.29) is 0 Å². The van der Waals surface area contributed by atoms with E-state index in [4.69, 9.17) is 0 Å². The maximum absolute atomic E-state index is 3.55. The first-order chi connectivity index (χ1) is 9.72. The number of hydrogen-bond donors (Lipinski definition) is 1. The van der Waals surface area contributed by atoms with E-state index in [1.807, 2.05) is 0 Å². The highest BCUT2D eigenvalue weighted by Gasteiger charge is 2.38. The first kappa shape index (κ1) is 14.8. The molecule has 0 spiro atoms. The number of nitrogens with zero attached hydrogens (tertiary/aromatic N) is 2. The topological polar surface area (TPSA) is 18.5 Å². The van der Waals surface area contributed by atoms with Gasteiger partial charge in [0.05, 0.1) is 0 Å². The monoisotopic (exact) mass is 279 g/mol. The first-order valence-electron chi connectivity index (χ1n) is 8.87. The number of likely N-dealkylation sites (N-methyl/N-ethyl adjacent to an activating group) is 1. The molecule has 2 unspecified atom stereocenters. The molecule has 3 aliphatic heterocycles. The molecule has 3 heterocycles. The van der Waals surface area contributed by atoms with Crippen LogP contribution in [0.5, 0.6) is 0 Å². The van der Waals surface area contributed by atoms with Gasteiger partial charge in [-0.3, -0.25) is 4.90 Å². The first-order valence-corrected chi connectivity index (χ1v) is 8.87. The number of fused-ring (bicyclic) bond motifs is 2. The van der Waals surface area contributed by atoms with Crippen LogP contribution in [0.25, 0.3) is 0 Å². The summed E-state index contributed by atoms with van der Waals surface area (Å²) >= 11 is 0. The van der Waals surface area contributed by atoms with Gasteiger partial charge in [0.2, 0.25) is 0 Å². The predicted molar refractivity (Wildman–Crippen MR) is 85.1 cm³/mol. The molecule has 3 saturated heterocycles. The molecule has 1 N–H and O–H groups in total. The summed E-state index contributed by atoms with van der Waals surface area (Å²) in [6.07, 6.45) is 9.82. The third kappa shape index (κ3) is 3.05. The maximum Gasteiger partial charge on any atom is 0.0223 e. The van der Waals surface area contributed by atoms with Crippen LogP contribution in [0.1, 0.15) is 51.9 Å². The van der Waals surface area contributed by atoms with Gasteiger partial charge in [-0.1, -0.05) is 13.3 Å². The summed E-state index contributed by atoms with van der Waals surface area (Å²) in [5.74, 6) is 0. The highest BCUT2D eigenvalue weighted by Crippen LogP contribution is 2.37. The Morgan fingerprint density at radius 3 is 2.60 bits per heavy atom. The lowest BCUT2D eigenvalue weighted by molar-refractivity contribution is 0.0941. The van der Waals surface area contributed by atoms with Crippen LogP contribution in [0.15, 0.2) is 0 Å². The molecule has 0 aromatic rings. The van der Waals surface area contributed by atoms with Crippen molar-refractivity contribution < 1.29 is 0 Å². The van der Waals surface area contributed by atoms with Crippen molar-refractivity contribution in [3.63, 3.8) is 0 Å². The van der Waals surface area contributed by atoms with Gasteiger partial charge in [-0.25, -0.2) is 0 Å². The van der Waals surface area contributed by atoms with Gasteiger partial charge in [-0.15, -0.1) is 0 Å². The predicted octanol–water partition coefficient (Wildman–Crippen LogP) is 2.32. The van der Waals surface area contributed by atoms with Crippen LogP contribution in [0.2, 0.25) is 0 Å². The summed E-state index contributed by atoms with van der Waals surface area (Å²) in [6.45, 7) is 8.86. The molecule has 20 heavy (non-hydrogen) atoms. The standard InChI is InChI=1S/C17H33N3/c1-3-7-17(8-10-18-11-9-17)14-20-12-6-15-4-5-16(13-20)19(15)2/h15-16,18H,3-14H2,1-2H3. The molecule has 2 bridgehead atoms. The van der Waals surface area contributed by atoms with Crippen molar-refractivity contribution in [2.24, 2.45) is 5.41 Å². The van der Waals surface area contributed by atoms with E-state index in [1.54, 1.807) is 0 Å². The molecule has 3 heteroatoms. The zero-order chi connectivity index (χ0) is 14.0. The van der Waals surface area contributed by atoms with Gasteiger partial charge in [0, 0.05) is 25.2 Å². The molecule has 3 fully saturated rings. The fourth-order valence-corrected chi connectivity index (χ4v) is 4.97. The minimum absolute atomic E-state index is 0.613. The van der Waals surface area contributed by atoms with Crippen molar-refractivity contribution >= 4 is 0 Å². The molecule has 0 amide bonds. The van der Waals surface area contributed by atoms with Gasteiger partial charge < -0.3 is 10.2 Å². The Morgan fingerprint density at radius 1 is 1.10 bits per heavy atom. The molecule has 0 aromatic carbocycles. The molecule has 0 radical (unpaired) electrons. The molecule has 3 nitrogen and oxygen atoms in total. The normalized spacial score (nSPS) is 35.1. The van der Waals surface area contributed by atoms with Gasteiger partial charge in [-0.05, 0) is 70.6 Å². The molecule has 0 aromatic heterocycles. The van der Waals surface area contributed by atoms with Crippen molar-refractivity contribution in [2.75, 3.05) is 39.8 Å². The summed E-state index contributed by atoms with van der Waals surface area (Å²) in [5.41, 5.74) is 0.613. The number of rotatable bonds is 4. The molecular formula is C17H33N3. The molecule has 3 aliphatic rings. The second-order valence-corrected chi connectivity index (χ2v) is 7.57. The SMILES string of the molecule is CCCC1(CN2CCC3CCC(C2)N3C)CCNCC1. The van der Waals surface area contributed by atoms with E-state index < -0.39 is 0 Å². The van der Waals surface area contributed by atoms with Crippen LogP contribution >= 0.6 is 0 Å². The summed E-state index contributed by atoms with van der Waals surface area (Å²) in [6, 6.07) is 1.71. The minimum atomic E-state index is 0.613. The van der Waals surface area contributed by atoms with E-state index in [9.17, 15) is 0 Å². The zero-order valence-corrected chi connectivity index (χ0v) is 13.5. The van der Waals surface area contributed by atoms with Gasteiger partial charge >= 0.3 is 0 Å². The lowest BCUT2D eigenvalue weighted by Crippen LogP contribution is -2.47. The van der Waals surface area contributed by atoms with Crippen molar-refractivity contribution in [2.45, 2.75) is 64.0 Å². The second-order valence-electron chi connectivity index (χ2n) is 7.57. The highest BCUT2D eigenvalue weighted by atomic mass is 15.3. The number of piperidine rings is 1. The van der Waals surface area contributed by atoms with Gasteiger partial charge in [0.1, 0.15) is 0 Å². The Kier molecular flexibility index (Phi) is 4.68. The summed E-state index contributed by atoms with van der Waals surface area (Å²) in [4.78, 5) is 5.50. The molecule has 3 rings (SSSR count). The molecule has 0 aliphatic carbocycles. The quantitative estimate of drug-likeness (QED) is 0.852. The summed E-state index contributed by atoms with van der Waals surface area (Å²) in [5, 5.41) is 3.55. The maximum atomic E-state index is 3.55. The van der Waals surface area contributed by atoms with Crippen LogP contribution in [0, 0.1) is 5.41 Å². The van der Waals surface area contributed by atoms with Crippen molar-refractivity contribution in [3.05, 3.63) is 0 Å². The summed E-state index contributed by atoms with van der Waals surface area (Å²) in [7, 11) is 2.36. The van der Waals surface area contributed by atoms with Crippen LogP contribution in [0.3, 0.4) is 0 Å².